The maximum Gasteiger partial charge on any atom is 0.164 e. The van der Waals surface area contributed by atoms with Crippen molar-refractivity contribution < 1.29 is 0 Å². The number of nitrogen functional groups attached to an aromatic ring is 1. The third-order valence-corrected chi connectivity index (χ3v) is 3.61. The maximum absolute atomic E-state index is 6.02. The molecule has 0 bridgehead atoms. The molecule has 0 fully saturated rings. The molecule has 0 aliphatic rings. The van der Waals surface area contributed by atoms with Gasteiger partial charge in [0.2, 0.25) is 0 Å². The standard InChI is InChI=1S/C13H15N5S/c1-13(2,3)18-12-9(11(14)15-7-16-12)10(17-18)8-4-5-19-6-8/h4-7H,1-3H3,(H2,14,15,16). The summed E-state index contributed by atoms with van der Waals surface area (Å²) in [7, 11) is 0. The Bertz CT molecular complexity index is 721. The first-order valence-corrected chi connectivity index (χ1v) is 6.95. The van der Waals surface area contributed by atoms with Gasteiger partial charge in [-0.2, -0.15) is 16.4 Å². The Labute approximate surface area is 115 Å². The normalized spacial score (nSPS) is 12.2. The molecule has 98 valence electrons. The van der Waals surface area contributed by atoms with Gasteiger partial charge in [-0.3, -0.25) is 0 Å². The van der Waals surface area contributed by atoms with Gasteiger partial charge in [-0.05, 0) is 32.2 Å². The van der Waals surface area contributed by atoms with Crippen LogP contribution in [0, 0.1) is 0 Å². The topological polar surface area (TPSA) is 69.6 Å². The number of nitrogens with zero attached hydrogens (tertiary/aromatic N) is 4. The third kappa shape index (κ3) is 1.88. The lowest BCUT2D eigenvalue weighted by Gasteiger charge is -2.19. The van der Waals surface area contributed by atoms with Gasteiger partial charge in [-0.1, -0.05) is 0 Å². The molecule has 19 heavy (non-hydrogen) atoms. The molecule has 0 saturated carbocycles. The molecule has 0 radical (unpaired) electrons. The van der Waals surface area contributed by atoms with Crippen molar-refractivity contribution in [1.29, 1.82) is 0 Å². The summed E-state index contributed by atoms with van der Waals surface area (Å²) in [6.07, 6.45) is 1.49. The summed E-state index contributed by atoms with van der Waals surface area (Å²) in [5, 5.41) is 9.62. The molecule has 0 saturated heterocycles. The van der Waals surface area contributed by atoms with Gasteiger partial charge in [0, 0.05) is 10.9 Å². The van der Waals surface area contributed by atoms with Gasteiger partial charge >= 0.3 is 0 Å². The molecule has 0 unspecified atom stereocenters. The molecule has 3 aromatic heterocycles. The highest BCUT2D eigenvalue weighted by atomic mass is 32.1. The Morgan fingerprint density at radius 2 is 2.05 bits per heavy atom. The number of rotatable bonds is 1. The molecule has 2 N–H and O–H groups in total. The Morgan fingerprint density at radius 3 is 2.68 bits per heavy atom. The number of hydrogen-bond donors (Lipinski definition) is 1. The van der Waals surface area contributed by atoms with E-state index in [4.69, 9.17) is 10.8 Å². The summed E-state index contributed by atoms with van der Waals surface area (Å²) in [4.78, 5) is 8.44. The zero-order valence-electron chi connectivity index (χ0n) is 11.1. The van der Waals surface area contributed by atoms with Crippen LogP contribution in [0.1, 0.15) is 20.8 Å². The highest BCUT2D eigenvalue weighted by Gasteiger charge is 2.23. The van der Waals surface area contributed by atoms with Crippen LogP contribution in [0.3, 0.4) is 0 Å². The van der Waals surface area contributed by atoms with Crippen molar-refractivity contribution in [2.75, 3.05) is 5.73 Å². The summed E-state index contributed by atoms with van der Waals surface area (Å²) < 4.78 is 1.91. The van der Waals surface area contributed by atoms with E-state index in [-0.39, 0.29) is 5.54 Å². The van der Waals surface area contributed by atoms with Crippen LogP contribution >= 0.6 is 11.3 Å². The fourth-order valence-corrected chi connectivity index (χ4v) is 2.68. The second-order valence-electron chi connectivity index (χ2n) is 5.40. The van der Waals surface area contributed by atoms with Gasteiger partial charge in [0.15, 0.2) is 5.65 Å². The minimum Gasteiger partial charge on any atom is -0.383 e. The Hall–Kier alpha value is -1.95. The van der Waals surface area contributed by atoms with Crippen molar-refractivity contribution in [2.45, 2.75) is 26.3 Å². The number of nitrogens with two attached hydrogens (primary N) is 1. The lowest BCUT2D eigenvalue weighted by Crippen LogP contribution is -2.23. The van der Waals surface area contributed by atoms with Crippen LogP contribution in [-0.2, 0) is 5.54 Å². The molecule has 3 heterocycles. The van der Waals surface area contributed by atoms with Crippen LogP contribution in [0.5, 0.6) is 0 Å². The van der Waals surface area contributed by atoms with Gasteiger partial charge in [0.05, 0.1) is 10.9 Å². The van der Waals surface area contributed by atoms with Crippen molar-refractivity contribution in [3.05, 3.63) is 23.2 Å². The van der Waals surface area contributed by atoms with Crippen LogP contribution in [0.15, 0.2) is 23.2 Å². The van der Waals surface area contributed by atoms with E-state index in [1.807, 2.05) is 16.1 Å². The van der Waals surface area contributed by atoms with Crippen molar-refractivity contribution in [1.82, 2.24) is 19.7 Å². The minimum absolute atomic E-state index is 0.159. The molecule has 5 nitrogen and oxygen atoms in total. The first kappa shape index (κ1) is 12.1. The fraction of sp³-hybridized carbons (Fsp3) is 0.308. The van der Waals surface area contributed by atoms with E-state index in [0.29, 0.717) is 5.82 Å². The number of anilines is 1. The molecule has 3 rings (SSSR count). The summed E-state index contributed by atoms with van der Waals surface area (Å²) in [5.74, 6) is 0.474. The molecule has 3 aromatic rings. The van der Waals surface area contributed by atoms with E-state index < -0.39 is 0 Å². The first-order chi connectivity index (χ1) is 8.98. The van der Waals surface area contributed by atoms with Crippen molar-refractivity contribution in [3.63, 3.8) is 0 Å². The average molecular weight is 273 g/mol. The van der Waals surface area contributed by atoms with E-state index >= 15 is 0 Å². The van der Waals surface area contributed by atoms with E-state index in [1.165, 1.54) is 6.33 Å². The highest BCUT2D eigenvalue weighted by Crippen LogP contribution is 2.33. The van der Waals surface area contributed by atoms with Crippen molar-refractivity contribution >= 4 is 28.2 Å². The molecule has 0 atom stereocenters. The van der Waals surface area contributed by atoms with E-state index in [1.54, 1.807) is 11.3 Å². The molecule has 0 spiro atoms. The van der Waals surface area contributed by atoms with Crippen molar-refractivity contribution in [3.8, 4) is 11.3 Å². The van der Waals surface area contributed by atoms with Gasteiger partial charge in [0.1, 0.15) is 17.8 Å². The summed E-state index contributed by atoms with van der Waals surface area (Å²) >= 11 is 1.63. The summed E-state index contributed by atoms with van der Waals surface area (Å²) in [6.45, 7) is 6.28. The Kier molecular flexibility index (Phi) is 2.56. The zero-order valence-corrected chi connectivity index (χ0v) is 11.9. The molecule has 0 aromatic carbocycles. The van der Waals surface area contributed by atoms with Crippen molar-refractivity contribution in [2.24, 2.45) is 0 Å². The molecule has 6 heteroatoms. The minimum atomic E-state index is -0.159. The van der Waals surface area contributed by atoms with Crippen LogP contribution in [0.25, 0.3) is 22.3 Å². The first-order valence-electron chi connectivity index (χ1n) is 6.01. The lowest BCUT2D eigenvalue weighted by atomic mass is 10.1. The third-order valence-electron chi connectivity index (χ3n) is 2.92. The van der Waals surface area contributed by atoms with E-state index in [0.717, 1.165) is 22.3 Å². The quantitative estimate of drug-likeness (QED) is 0.740. The molecule has 0 amide bonds. The monoisotopic (exact) mass is 273 g/mol. The smallest absolute Gasteiger partial charge is 0.164 e. The van der Waals surface area contributed by atoms with E-state index in [2.05, 4.69) is 36.1 Å². The number of fused-ring (bicyclic) bond motifs is 1. The summed E-state index contributed by atoms with van der Waals surface area (Å²) in [5.41, 5.74) is 8.54. The molecule has 0 aliphatic heterocycles. The number of hydrogen-bond acceptors (Lipinski definition) is 5. The molecular formula is C13H15N5S. The van der Waals surface area contributed by atoms with Crippen LogP contribution in [0.4, 0.5) is 5.82 Å². The molecule has 0 aliphatic carbocycles. The van der Waals surface area contributed by atoms with Gasteiger partial charge in [-0.15, -0.1) is 0 Å². The van der Waals surface area contributed by atoms with E-state index in [9.17, 15) is 0 Å². The maximum atomic E-state index is 6.02. The summed E-state index contributed by atoms with van der Waals surface area (Å²) in [6, 6.07) is 2.03. The van der Waals surface area contributed by atoms with Gasteiger partial charge < -0.3 is 5.73 Å². The lowest BCUT2D eigenvalue weighted by molar-refractivity contribution is 0.367. The zero-order chi connectivity index (χ0) is 13.6. The van der Waals surface area contributed by atoms with Gasteiger partial charge in [-0.25, -0.2) is 14.6 Å². The Balaban J connectivity index is 2.41. The van der Waals surface area contributed by atoms with Gasteiger partial charge in [0.25, 0.3) is 0 Å². The molecular weight excluding hydrogens is 258 g/mol. The largest absolute Gasteiger partial charge is 0.383 e. The van der Waals surface area contributed by atoms with Crippen LogP contribution in [-0.4, -0.2) is 19.7 Å². The highest BCUT2D eigenvalue weighted by molar-refractivity contribution is 7.08. The second-order valence-corrected chi connectivity index (χ2v) is 6.18. The number of thiophene rings is 1. The predicted octanol–water partition coefficient (Wildman–Crippen LogP) is 2.89. The van der Waals surface area contributed by atoms with Crippen LogP contribution in [0.2, 0.25) is 0 Å². The Morgan fingerprint density at radius 1 is 1.26 bits per heavy atom. The SMILES string of the molecule is CC(C)(C)n1nc(-c2ccsc2)c2c(N)ncnc21. The second kappa shape index (κ2) is 4.03. The fourth-order valence-electron chi connectivity index (χ4n) is 2.04. The predicted molar refractivity (Wildman–Crippen MR) is 78.0 cm³/mol. The number of aromatic nitrogens is 4. The average Bonchev–Trinajstić information content (AvgIpc) is 2.94. The van der Waals surface area contributed by atoms with Crippen LogP contribution < -0.4 is 5.73 Å².